The first-order valence-corrected chi connectivity index (χ1v) is 7.60. The van der Waals surface area contributed by atoms with Crippen molar-refractivity contribution < 1.29 is 13.7 Å². The molecule has 4 rings (SSSR count). The van der Waals surface area contributed by atoms with Gasteiger partial charge in [-0.25, -0.2) is 0 Å². The predicted octanol–water partition coefficient (Wildman–Crippen LogP) is 2.44. The fourth-order valence-electron chi connectivity index (χ4n) is 2.98. The highest BCUT2D eigenvalue weighted by atomic mass is 16.5. The van der Waals surface area contributed by atoms with Crippen molar-refractivity contribution in [2.45, 2.75) is 25.4 Å². The van der Waals surface area contributed by atoms with Crippen LogP contribution in [0.2, 0.25) is 0 Å². The topological polar surface area (TPSA) is 77.3 Å². The van der Waals surface area contributed by atoms with Gasteiger partial charge in [-0.3, -0.25) is 9.48 Å². The molecule has 4 heterocycles. The van der Waals surface area contributed by atoms with E-state index in [9.17, 15) is 4.79 Å². The van der Waals surface area contributed by atoms with Crippen LogP contribution in [0.25, 0.3) is 11.5 Å². The maximum absolute atomic E-state index is 12.7. The van der Waals surface area contributed by atoms with E-state index >= 15 is 0 Å². The largest absolute Gasteiger partial charge is 0.461 e. The first kappa shape index (κ1) is 13.8. The Hall–Kier alpha value is -2.83. The molecule has 0 aliphatic carbocycles. The van der Waals surface area contributed by atoms with Gasteiger partial charge in [-0.1, -0.05) is 5.16 Å². The van der Waals surface area contributed by atoms with Crippen LogP contribution in [0.5, 0.6) is 0 Å². The van der Waals surface area contributed by atoms with Crippen LogP contribution in [0.4, 0.5) is 0 Å². The van der Waals surface area contributed by atoms with Gasteiger partial charge in [0.25, 0.3) is 5.91 Å². The smallest absolute Gasteiger partial charge is 0.276 e. The van der Waals surface area contributed by atoms with E-state index in [1.807, 2.05) is 21.8 Å². The molecule has 118 valence electrons. The minimum absolute atomic E-state index is 0.110. The minimum Gasteiger partial charge on any atom is -0.461 e. The number of nitrogens with zero attached hydrogens (tertiary/aromatic N) is 4. The Kier molecular flexibility index (Phi) is 3.45. The molecule has 1 amide bonds. The van der Waals surface area contributed by atoms with Crippen LogP contribution >= 0.6 is 0 Å². The Morgan fingerprint density at radius 2 is 2.30 bits per heavy atom. The van der Waals surface area contributed by atoms with Crippen molar-refractivity contribution in [1.29, 1.82) is 0 Å². The molecule has 3 aromatic rings. The Morgan fingerprint density at radius 3 is 3.09 bits per heavy atom. The number of amides is 1. The van der Waals surface area contributed by atoms with Gasteiger partial charge in [0.15, 0.2) is 11.5 Å². The van der Waals surface area contributed by atoms with Crippen LogP contribution in [0.3, 0.4) is 0 Å². The standard InChI is InChI=1S/C16H16N4O3/c21-16(13-10-15(23-18-13)14-5-2-9-22-14)20-8-1-4-12(20)11-19-7-3-6-17-19/h2-3,5-7,9-10,12H,1,4,8,11H2. The van der Waals surface area contributed by atoms with Crippen LogP contribution in [0.15, 0.2) is 51.9 Å². The average molecular weight is 312 g/mol. The van der Waals surface area contributed by atoms with Gasteiger partial charge in [-0.05, 0) is 31.0 Å². The van der Waals surface area contributed by atoms with Gasteiger partial charge in [0.05, 0.1) is 18.8 Å². The van der Waals surface area contributed by atoms with E-state index in [2.05, 4.69) is 10.3 Å². The highest BCUT2D eigenvalue weighted by molar-refractivity contribution is 5.93. The number of furan rings is 1. The zero-order valence-corrected chi connectivity index (χ0v) is 12.5. The number of carbonyl (C=O) groups excluding carboxylic acids is 1. The Balaban J connectivity index is 1.51. The second-order valence-corrected chi connectivity index (χ2v) is 5.58. The fraction of sp³-hybridized carbons (Fsp3) is 0.312. The monoisotopic (exact) mass is 312 g/mol. The zero-order chi connectivity index (χ0) is 15.6. The lowest BCUT2D eigenvalue weighted by molar-refractivity contribution is 0.0711. The van der Waals surface area contributed by atoms with E-state index in [1.54, 1.807) is 30.7 Å². The van der Waals surface area contributed by atoms with Crippen molar-refractivity contribution in [1.82, 2.24) is 19.8 Å². The molecule has 0 aromatic carbocycles. The number of aromatic nitrogens is 3. The number of likely N-dealkylation sites (tertiary alicyclic amines) is 1. The first-order valence-electron chi connectivity index (χ1n) is 7.60. The summed E-state index contributed by atoms with van der Waals surface area (Å²) in [6, 6.07) is 7.18. The summed E-state index contributed by atoms with van der Waals surface area (Å²) in [6.07, 6.45) is 7.16. The lowest BCUT2D eigenvalue weighted by atomic mass is 10.2. The highest BCUT2D eigenvalue weighted by Crippen LogP contribution is 2.24. The molecule has 7 nitrogen and oxygen atoms in total. The van der Waals surface area contributed by atoms with Gasteiger partial charge in [-0.15, -0.1) is 0 Å². The maximum Gasteiger partial charge on any atom is 0.276 e. The summed E-state index contributed by atoms with van der Waals surface area (Å²) in [4.78, 5) is 14.6. The molecule has 1 fully saturated rings. The number of carbonyl (C=O) groups is 1. The third-order valence-electron chi connectivity index (χ3n) is 4.09. The third-order valence-corrected chi connectivity index (χ3v) is 4.09. The number of hydrogen-bond acceptors (Lipinski definition) is 5. The molecule has 1 atom stereocenters. The van der Waals surface area contributed by atoms with Crippen molar-refractivity contribution in [3.05, 3.63) is 48.6 Å². The zero-order valence-electron chi connectivity index (χ0n) is 12.5. The van der Waals surface area contributed by atoms with Gasteiger partial charge in [0, 0.05) is 25.0 Å². The van der Waals surface area contributed by atoms with Crippen LogP contribution in [0, 0.1) is 0 Å². The average Bonchev–Trinajstić information content (AvgIpc) is 3.33. The van der Waals surface area contributed by atoms with Gasteiger partial charge in [0.2, 0.25) is 5.76 Å². The normalized spacial score (nSPS) is 17.7. The lowest BCUT2D eigenvalue weighted by Crippen LogP contribution is -2.38. The van der Waals surface area contributed by atoms with Crippen molar-refractivity contribution in [2.24, 2.45) is 0 Å². The first-order chi connectivity index (χ1) is 11.3. The summed E-state index contributed by atoms with van der Waals surface area (Å²) in [5.74, 6) is 0.911. The molecule has 0 radical (unpaired) electrons. The molecule has 1 aliphatic heterocycles. The summed E-state index contributed by atoms with van der Waals surface area (Å²) >= 11 is 0. The quantitative estimate of drug-likeness (QED) is 0.739. The lowest BCUT2D eigenvalue weighted by Gasteiger charge is -2.23. The summed E-state index contributed by atoms with van der Waals surface area (Å²) in [5, 5.41) is 8.12. The van der Waals surface area contributed by atoms with Gasteiger partial charge < -0.3 is 13.8 Å². The molecule has 1 unspecified atom stereocenters. The van der Waals surface area contributed by atoms with Crippen LogP contribution in [0.1, 0.15) is 23.3 Å². The Bertz CT molecular complexity index is 776. The second kappa shape index (κ2) is 5.75. The van der Waals surface area contributed by atoms with E-state index in [0.29, 0.717) is 23.8 Å². The predicted molar refractivity (Wildman–Crippen MR) is 80.5 cm³/mol. The van der Waals surface area contributed by atoms with E-state index in [1.165, 1.54) is 0 Å². The van der Waals surface area contributed by atoms with Crippen molar-refractivity contribution in [3.63, 3.8) is 0 Å². The van der Waals surface area contributed by atoms with E-state index in [0.717, 1.165) is 19.4 Å². The van der Waals surface area contributed by atoms with Crippen molar-refractivity contribution in [3.8, 4) is 11.5 Å². The molecule has 0 saturated carbocycles. The molecule has 7 heteroatoms. The van der Waals surface area contributed by atoms with Crippen LogP contribution in [-0.4, -0.2) is 38.3 Å². The molecule has 0 spiro atoms. The molecule has 0 bridgehead atoms. The molecule has 1 saturated heterocycles. The SMILES string of the molecule is O=C(c1cc(-c2ccco2)on1)N1CCCC1Cn1cccn1. The molecular formula is C16H16N4O3. The van der Waals surface area contributed by atoms with Crippen molar-refractivity contribution in [2.75, 3.05) is 6.54 Å². The second-order valence-electron chi connectivity index (χ2n) is 5.58. The Morgan fingerprint density at radius 1 is 1.35 bits per heavy atom. The molecule has 1 aliphatic rings. The molecule has 23 heavy (non-hydrogen) atoms. The minimum atomic E-state index is -0.110. The fourth-order valence-corrected chi connectivity index (χ4v) is 2.98. The van der Waals surface area contributed by atoms with E-state index in [-0.39, 0.29) is 11.9 Å². The maximum atomic E-state index is 12.7. The molecular weight excluding hydrogens is 296 g/mol. The summed E-state index contributed by atoms with van der Waals surface area (Å²) < 4.78 is 12.3. The van der Waals surface area contributed by atoms with Crippen molar-refractivity contribution >= 4 is 5.91 Å². The molecule has 3 aromatic heterocycles. The number of rotatable bonds is 4. The van der Waals surface area contributed by atoms with Crippen LogP contribution in [-0.2, 0) is 6.54 Å². The Labute approximate surface area is 132 Å². The van der Waals surface area contributed by atoms with E-state index in [4.69, 9.17) is 8.94 Å². The summed E-state index contributed by atoms with van der Waals surface area (Å²) in [6.45, 7) is 1.43. The summed E-state index contributed by atoms with van der Waals surface area (Å²) in [7, 11) is 0. The van der Waals surface area contributed by atoms with Gasteiger partial charge in [-0.2, -0.15) is 5.10 Å². The van der Waals surface area contributed by atoms with Gasteiger partial charge >= 0.3 is 0 Å². The van der Waals surface area contributed by atoms with Crippen LogP contribution < -0.4 is 0 Å². The number of hydrogen-bond donors (Lipinski definition) is 0. The third kappa shape index (κ3) is 2.65. The highest BCUT2D eigenvalue weighted by Gasteiger charge is 2.31. The van der Waals surface area contributed by atoms with Gasteiger partial charge in [0.1, 0.15) is 0 Å². The summed E-state index contributed by atoms with van der Waals surface area (Å²) in [5.41, 5.74) is 0.309. The van der Waals surface area contributed by atoms with E-state index < -0.39 is 0 Å². The molecule has 0 N–H and O–H groups in total.